The van der Waals surface area contributed by atoms with Crippen LogP contribution < -0.4 is 5.73 Å². The fraction of sp³-hybridized carbons (Fsp3) is 0.294. The summed E-state index contributed by atoms with van der Waals surface area (Å²) in [6.07, 6.45) is 7.03. The molecule has 0 radical (unpaired) electrons. The van der Waals surface area contributed by atoms with Crippen molar-refractivity contribution < 1.29 is 4.79 Å². The standard InChI is InChI=1S/C17H19N3O/c1-4-9-20-17(18)15(11-21)16(19-20)14-7-5-13(6-8-14)10-12(2)3/h1,5-8,11-12H,9-10,18H2,2-3H3. The molecular formula is C17H19N3O. The third-order valence-electron chi connectivity index (χ3n) is 3.26. The number of terminal acetylenes is 1. The Kier molecular flexibility index (Phi) is 4.44. The largest absolute Gasteiger partial charge is 0.383 e. The zero-order valence-electron chi connectivity index (χ0n) is 12.3. The second-order valence-electron chi connectivity index (χ2n) is 5.42. The maximum Gasteiger partial charge on any atom is 0.156 e. The van der Waals surface area contributed by atoms with Gasteiger partial charge in [-0.15, -0.1) is 6.42 Å². The summed E-state index contributed by atoms with van der Waals surface area (Å²) in [4.78, 5) is 11.3. The van der Waals surface area contributed by atoms with Gasteiger partial charge in [0.25, 0.3) is 0 Å². The molecule has 0 spiro atoms. The second kappa shape index (κ2) is 6.27. The minimum atomic E-state index is 0.248. The number of aldehydes is 1. The van der Waals surface area contributed by atoms with Crippen molar-refractivity contribution in [1.82, 2.24) is 9.78 Å². The molecule has 0 amide bonds. The van der Waals surface area contributed by atoms with Crippen molar-refractivity contribution in [2.24, 2.45) is 5.92 Å². The Morgan fingerprint density at radius 2 is 2.05 bits per heavy atom. The number of aromatic nitrogens is 2. The molecule has 0 aliphatic heterocycles. The van der Waals surface area contributed by atoms with Crippen LogP contribution in [-0.4, -0.2) is 16.1 Å². The molecule has 0 atom stereocenters. The highest BCUT2D eigenvalue weighted by atomic mass is 16.1. The maximum absolute atomic E-state index is 11.3. The van der Waals surface area contributed by atoms with Crippen LogP contribution in [0.25, 0.3) is 11.3 Å². The Morgan fingerprint density at radius 3 is 2.57 bits per heavy atom. The van der Waals surface area contributed by atoms with E-state index >= 15 is 0 Å². The van der Waals surface area contributed by atoms with Gasteiger partial charge in [-0.05, 0) is 17.9 Å². The van der Waals surface area contributed by atoms with Crippen molar-refractivity contribution in [3.8, 4) is 23.6 Å². The first-order valence-electron chi connectivity index (χ1n) is 6.91. The Balaban J connectivity index is 2.39. The van der Waals surface area contributed by atoms with Crippen molar-refractivity contribution in [2.75, 3.05) is 5.73 Å². The highest BCUT2D eigenvalue weighted by molar-refractivity contribution is 5.91. The molecule has 0 unspecified atom stereocenters. The average Bonchev–Trinajstić information content (AvgIpc) is 2.76. The first-order chi connectivity index (χ1) is 10.1. The van der Waals surface area contributed by atoms with E-state index in [1.54, 1.807) is 0 Å². The van der Waals surface area contributed by atoms with E-state index in [1.165, 1.54) is 10.2 Å². The second-order valence-corrected chi connectivity index (χ2v) is 5.42. The molecule has 0 saturated heterocycles. The predicted octanol–water partition coefficient (Wildman–Crippen LogP) is 2.78. The summed E-state index contributed by atoms with van der Waals surface area (Å²) >= 11 is 0. The lowest BCUT2D eigenvalue weighted by molar-refractivity contribution is 0.112. The number of hydrogen-bond donors (Lipinski definition) is 1. The van der Waals surface area contributed by atoms with Crippen LogP contribution in [0.3, 0.4) is 0 Å². The third-order valence-corrected chi connectivity index (χ3v) is 3.26. The number of hydrogen-bond acceptors (Lipinski definition) is 3. The van der Waals surface area contributed by atoms with Crippen molar-refractivity contribution >= 4 is 12.1 Å². The van der Waals surface area contributed by atoms with Gasteiger partial charge in [0.15, 0.2) is 6.29 Å². The summed E-state index contributed by atoms with van der Waals surface area (Å²) < 4.78 is 1.47. The minimum Gasteiger partial charge on any atom is -0.383 e. The van der Waals surface area contributed by atoms with Gasteiger partial charge in [0.2, 0.25) is 0 Å². The van der Waals surface area contributed by atoms with E-state index in [4.69, 9.17) is 12.2 Å². The zero-order chi connectivity index (χ0) is 15.4. The molecule has 0 saturated carbocycles. The van der Waals surface area contributed by atoms with Crippen molar-refractivity contribution in [3.05, 3.63) is 35.4 Å². The van der Waals surface area contributed by atoms with Crippen LogP contribution in [0.2, 0.25) is 0 Å². The molecule has 1 aromatic heterocycles. The number of anilines is 1. The van der Waals surface area contributed by atoms with E-state index in [2.05, 4.69) is 37.0 Å². The number of rotatable bonds is 5. The molecule has 4 heteroatoms. The smallest absolute Gasteiger partial charge is 0.156 e. The van der Waals surface area contributed by atoms with E-state index in [0.29, 0.717) is 23.0 Å². The van der Waals surface area contributed by atoms with Crippen LogP contribution in [0.5, 0.6) is 0 Å². The van der Waals surface area contributed by atoms with E-state index < -0.39 is 0 Å². The van der Waals surface area contributed by atoms with E-state index in [-0.39, 0.29) is 6.54 Å². The molecule has 108 valence electrons. The molecule has 0 aliphatic rings. The number of benzene rings is 1. The predicted molar refractivity (Wildman–Crippen MR) is 84.8 cm³/mol. The topological polar surface area (TPSA) is 60.9 Å². The van der Waals surface area contributed by atoms with E-state index in [1.807, 2.05) is 12.1 Å². The van der Waals surface area contributed by atoms with Crippen LogP contribution in [-0.2, 0) is 13.0 Å². The summed E-state index contributed by atoms with van der Waals surface area (Å²) in [5, 5.41) is 4.35. The lowest BCUT2D eigenvalue weighted by Crippen LogP contribution is -2.03. The number of nitrogen functional groups attached to an aromatic ring is 1. The SMILES string of the molecule is C#CCn1nc(-c2ccc(CC(C)C)cc2)c(C=O)c1N. The zero-order valence-corrected chi connectivity index (χ0v) is 12.3. The van der Waals surface area contributed by atoms with E-state index in [0.717, 1.165) is 18.3 Å². The van der Waals surface area contributed by atoms with E-state index in [9.17, 15) is 4.79 Å². The molecule has 21 heavy (non-hydrogen) atoms. The van der Waals surface area contributed by atoms with Crippen LogP contribution in [0.4, 0.5) is 5.82 Å². The summed E-state index contributed by atoms with van der Waals surface area (Å²) in [5.41, 5.74) is 9.00. The Bertz CT molecular complexity index is 675. The van der Waals surface area contributed by atoms with Crippen LogP contribution >= 0.6 is 0 Å². The molecule has 0 aliphatic carbocycles. The maximum atomic E-state index is 11.3. The van der Waals surface area contributed by atoms with Gasteiger partial charge < -0.3 is 5.73 Å². The van der Waals surface area contributed by atoms with Gasteiger partial charge in [-0.1, -0.05) is 44.0 Å². The quantitative estimate of drug-likeness (QED) is 0.677. The summed E-state index contributed by atoms with van der Waals surface area (Å²) in [6.45, 7) is 4.61. The fourth-order valence-electron chi connectivity index (χ4n) is 2.30. The molecular weight excluding hydrogens is 262 g/mol. The van der Waals surface area contributed by atoms with Crippen molar-refractivity contribution in [1.29, 1.82) is 0 Å². The van der Waals surface area contributed by atoms with Gasteiger partial charge in [0.1, 0.15) is 18.1 Å². The van der Waals surface area contributed by atoms with Gasteiger partial charge in [-0.25, -0.2) is 4.68 Å². The average molecular weight is 281 g/mol. The highest BCUT2D eigenvalue weighted by Gasteiger charge is 2.16. The summed E-state index contributed by atoms with van der Waals surface area (Å²) in [7, 11) is 0. The van der Waals surface area contributed by atoms with Crippen molar-refractivity contribution in [2.45, 2.75) is 26.8 Å². The molecule has 1 heterocycles. The molecule has 2 rings (SSSR count). The van der Waals surface area contributed by atoms with Crippen LogP contribution in [0, 0.1) is 18.3 Å². The first-order valence-corrected chi connectivity index (χ1v) is 6.91. The monoisotopic (exact) mass is 281 g/mol. The lowest BCUT2D eigenvalue weighted by Gasteiger charge is -2.05. The molecule has 2 aromatic rings. The Labute approximate surface area is 125 Å². The van der Waals surface area contributed by atoms with Crippen molar-refractivity contribution in [3.63, 3.8) is 0 Å². The third kappa shape index (κ3) is 3.14. The molecule has 1 aromatic carbocycles. The summed E-state index contributed by atoms with van der Waals surface area (Å²) in [5.74, 6) is 3.39. The fourth-order valence-corrected chi connectivity index (χ4v) is 2.30. The molecule has 0 fully saturated rings. The normalized spacial score (nSPS) is 10.6. The molecule has 0 bridgehead atoms. The van der Waals surface area contributed by atoms with Gasteiger partial charge in [-0.2, -0.15) is 5.10 Å². The van der Waals surface area contributed by atoms with Gasteiger partial charge >= 0.3 is 0 Å². The minimum absolute atomic E-state index is 0.248. The number of nitrogens with zero attached hydrogens (tertiary/aromatic N) is 2. The lowest BCUT2D eigenvalue weighted by atomic mass is 10.00. The van der Waals surface area contributed by atoms with Crippen LogP contribution in [0.15, 0.2) is 24.3 Å². The van der Waals surface area contributed by atoms with Gasteiger partial charge in [0.05, 0.1) is 5.56 Å². The number of nitrogens with two attached hydrogens (primary N) is 1. The molecule has 2 N–H and O–H groups in total. The molecule has 4 nitrogen and oxygen atoms in total. The Morgan fingerprint density at radius 1 is 1.38 bits per heavy atom. The van der Waals surface area contributed by atoms with Gasteiger partial charge in [0, 0.05) is 5.56 Å². The first kappa shape index (κ1) is 14.9. The summed E-state index contributed by atoms with van der Waals surface area (Å²) in [6, 6.07) is 8.04. The Hall–Kier alpha value is -2.54. The highest BCUT2D eigenvalue weighted by Crippen LogP contribution is 2.26. The van der Waals surface area contributed by atoms with Crippen LogP contribution in [0.1, 0.15) is 29.8 Å². The van der Waals surface area contributed by atoms with Gasteiger partial charge in [-0.3, -0.25) is 4.79 Å². The number of carbonyl (C=O) groups is 1. The number of carbonyl (C=O) groups excluding carboxylic acids is 1.